The first kappa shape index (κ1) is 18.8. The minimum Gasteiger partial charge on any atom is -0.494 e. The van der Waals surface area contributed by atoms with Crippen LogP contribution < -0.4 is 10.5 Å². The van der Waals surface area contributed by atoms with Crippen molar-refractivity contribution in [1.82, 2.24) is 9.13 Å². The van der Waals surface area contributed by atoms with E-state index in [1.165, 1.54) is 15.3 Å². The van der Waals surface area contributed by atoms with Crippen LogP contribution in [0.5, 0.6) is 5.88 Å². The second-order valence-corrected chi connectivity index (χ2v) is 7.16. The third-order valence-corrected chi connectivity index (χ3v) is 5.48. The predicted octanol–water partition coefficient (Wildman–Crippen LogP) is 2.51. The van der Waals surface area contributed by atoms with E-state index in [0.29, 0.717) is 18.9 Å². The lowest BCUT2D eigenvalue weighted by molar-refractivity contribution is 0.122. The molecule has 1 aromatic carbocycles. The fraction of sp³-hybridized carbons (Fsp3) is 0.353. The molecule has 0 bridgehead atoms. The Morgan fingerprint density at radius 2 is 1.96 bits per heavy atom. The first-order valence-corrected chi connectivity index (χ1v) is 9.25. The summed E-state index contributed by atoms with van der Waals surface area (Å²) in [6, 6.07) is 5.73. The van der Waals surface area contributed by atoms with Crippen LogP contribution in [0, 0.1) is 4.77 Å². The van der Waals surface area contributed by atoms with Crippen LogP contribution in [0.1, 0.15) is 5.56 Å². The summed E-state index contributed by atoms with van der Waals surface area (Å²) in [6.07, 6.45) is 1.36. The molecule has 2 aromatic rings. The summed E-state index contributed by atoms with van der Waals surface area (Å²) in [5.41, 5.74) is 1.45. The molecule has 1 aromatic heterocycles. The molecular weight excluding hydrogens is 420 g/mol. The SMILES string of the molecule is Cn1c(O)c(C=Nc2ccc(N3CCOCC3)c(Br)c2)c(=O)n(C)c1=S. The molecule has 0 saturated carbocycles. The summed E-state index contributed by atoms with van der Waals surface area (Å²) in [5.74, 6) is -0.203. The summed E-state index contributed by atoms with van der Waals surface area (Å²) >= 11 is 8.68. The van der Waals surface area contributed by atoms with E-state index < -0.39 is 5.56 Å². The van der Waals surface area contributed by atoms with Crippen molar-refractivity contribution < 1.29 is 9.84 Å². The molecule has 0 amide bonds. The first-order chi connectivity index (χ1) is 12.4. The maximum atomic E-state index is 12.3. The van der Waals surface area contributed by atoms with Crippen molar-refractivity contribution in [2.24, 2.45) is 19.1 Å². The summed E-state index contributed by atoms with van der Waals surface area (Å²) < 4.78 is 9.20. The monoisotopic (exact) mass is 438 g/mol. The fourth-order valence-corrected chi connectivity index (χ4v) is 3.54. The van der Waals surface area contributed by atoms with Crippen LogP contribution in [0.3, 0.4) is 0 Å². The Morgan fingerprint density at radius 1 is 1.27 bits per heavy atom. The number of aromatic hydroxyl groups is 1. The van der Waals surface area contributed by atoms with Gasteiger partial charge in [0.25, 0.3) is 5.56 Å². The second kappa shape index (κ2) is 7.73. The van der Waals surface area contributed by atoms with Gasteiger partial charge in [-0.15, -0.1) is 0 Å². The van der Waals surface area contributed by atoms with Gasteiger partial charge >= 0.3 is 0 Å². The van der Waals surface area contributed by atoms with Crippen LogP contribution in [0.4, 0.5) is 11.4 Å². The molecule has 0 unspecified atom stereocenters. The van der Waals surface area contributed by atoms with Gasteiger partial charge in [0.1, 0.15) is 5.56 Å². The molecule has 1 saturated heterocycles. The van der Waals surface area contributed by atoms with E-state index in [9.17, 15) is 9.90 Å². The van der Waals surface area contributed by atoms with E-state index in [2.05, 4.69) is 25.8 Å². The van der Waals surface area contributed by atoms with Crippen LogP contribution in [0.25, 0.3) is 0 Å². The molecule has 7 nitrogen and oxygen atoms in total. The Labute approximate surface area is 164 Å². The molecule has 9 heteroatoms. The lowest BCUT2D eigenvalue weighted by atomic mass is 10.2. The van der Waals surface area contributed by atoms with Crippen molar-refractivity contribution in [1.29, 1.82) is 0 Å². The van der Waals surface area contributed by atoms with Gasteiger partial charge in [-0.1, -0.05) is 0 Å². The number of aliphatic imine (C=N–C) groups is 1. The van der Waals surface area contributed by atoms with Crippen molar-refractivity contribution in [3.05, 3.63) is 43.4 Å². The van der Waals surface area contributed by atoms with Crippen molar-refractivity contribution >= 4 is 45.7 Å². The third kappa shape index (κ3) is 3.60. The van der Waals surface area contributed by atoms with Crippen LogP contribution in [0.2, 0.25) is 0 Å². The van der Waals surface area contributed by atoms with Crippen molar-refractivity contribution in [3.8, 4) is 5.88 Å². The Balaban J connectivity index is 1.91. The van der Waals surface area contributed by atoms with Gasteiger partial charge in [0, 0.05) is 37.9 Å². The number of hydrogen-bond acceptors (Lipinski definition) is 6. The lowest BCUT2D eigenvalue weighted by Crippen LogP contribution is -2.36. The van der Waals surface area contributed by atoms with E-state index in [4.69, 9.17) is 17.0 Å². The van der Waals surface area contributed by atoms with Crippen LogP contribution in [0.15, 0.2) is 32.5 Å². The van der Waals surface area contributed by atoms with E-state index in [-0.39, 0.29) is 16.2 Å². The predicted molar refractivity (Wildman–Crippen MR) is 108 cm³/mol. The molecule has 0 radical (unpaired) electrons. The third-order valence-electron chi connectivity index (χ3n) is 4.29. The number of ether oxygens (including phenoxy) is 1. The molecule has 138 valence electrons. The van der Waals surface area contributed by atoms with E-state index in [0.717, 1.165) is 23.2 Å². The molecule has 0 atom stereocenters. The molecule has 1 N–H and O–H groups in total. The molecule has 3 rings (SSSR count). The number of aromatic nitrogens is 2. The molecule has 2 heterocycles. The molecule has 0 spiro atoms. The van der Waals surface area contributed by atoms with Gasteiger partial charge in [0.15, 0.2) is 4.77 Å². The molecule has 1 aliphatic heterocycles. The average molecular weight is 439 g/mol. The van der Waals surface area contributed by atoms with E-state index in [1.54, 1.807) is 14.1 Å². The van der Waals surface area contributed by atoms with Crippen LogP contribution >= 0.6 is 28.1 Å². The zero-order valence-corrected chi connectivity index (χ0v) is 16.9. The van der Waals surface area contributed by atoms with Crippen LogP contribution in [-0.4, -0.2) is 46.8 Å². The van der Waals surface area contributed by atoms with Gasteiger partial charge in [-0.25, -0.2) is 0 Å². The smallest absolute Gasteiger partial charge is 0.266 e. The topological polar surface area (TPSA) is 72.0 Å². The normalized spacial score (nSPS) is 15.0. The van der Waals surface area contributed by atoms with E-state index in [1.807, 2.05) is 18.2 Å². The van der Waals surface area contributed by atoms with Gasteiger partial charge in [0.2, 0.25) is 5.88 Å². The quantitative estimate of drug-likeness (QED) is 0.588. The molecular formula is C17H19BrN4O3S. The zero-order chi connectivity index (χ0) is 18.8. The Kier molecular flexibility index (Phi) is 5.59. The van der Waals surface area contributed by atoms with E-state index >= 15 is 0 Å². The molecule has 1 fully saturated rings. The largest absolute Gasteiger partial charge is 0.494 e. The standard InChI is InChI=1S/C17H19BrN4O3S/c1-20-15(23)12(16(24)21(2)17(20)26)10-19-11-3-4-14(13(18)9-11)22-5-7-25-8-6-22/h3-4,9-10,23H,5-8H2,1-2H3. The fourth-order valence-electron chi connectivity index (χ4n) is 2.75. The zero-order valence-electron chi connectivity index (χ0n) is 14.5. The first-order valence-electron chi connectivity index (χ1n) is 8.05. The maximum Gasteiger partial charge on any atom is 0.266 e. The number of rotatable bonds is 3. The number of benzene rings is 1. The lowest BCUT2D eigenvalue weighted by Gasteiger charge is -2.29. The molecule has 1 aliphatic rings. The Bertz CT molecular complexity index is 977. The maximum absolute atomic E-state index is 12.3. The molecule has 26 heavy (non-hydrogen) atoms. The van der Waals surface area contributed by atoms with Gasteiger partial charge in [0.05, 0.1) is 24.6 Å². The Hall–Kier alpha value is -1.97. The van der Waals surface area contributed by atoms with Crippen molar-refractivity contribution in [3.63, 3.8) is 0 Å². The highest BCUT2D eigenvalue weighted by molar-refractivity contribution is 9.10. The van der Waals surface area contributed by atoms with Gasteiger partial charge < -0.3 is 14.7 Å². The summed E-state index contributed by atoms with van der Waals surface area (Å²) in [4.78, 5) is 18.9. The van der Waals surface area contributed by atoms with Crippen LogP contribution in [-0.2, 0) is 18.8 Å². The minimum absolute atomic E-state index is 0.0944. The highest BCUT2D eigenvalue weighted by atomic mass is 79.9. The Morgan fingerprint density at radius 3 is 2.62 bits per heavy atom. The summed E-state index contributed by atoms with van der Waals surface area (Å²) in [5, 5.41) is 10.2. The highest BCUT2D eigenvalue weighted by Crippen LogP contribution is 2.31. The summed E-state index contributed by atoms with van der Waals surface area (Å²) in [7, 11) is 3.16. The second-order valence-electron chi connectivity index (χ2n) is 5.94. The highest BCUT2D eigenvalue weighted by Gasteiger charge is 2.14. The minimum atomic E-state index is -0.390. The number of halogens is 1. The van der Waals surface area contributed by atoms with Gasteiger partial charge in [-0.05, 0) is 46.3 Å². The average Bonchev–Trinajstić information content (AvgIpc) is 2.65. The summed E-state index contributed by atoms with van der Waals surface area (Å²) in [6.45, 7) is 3.11. The molecule has 0 aliphatic carbocycles. The number of anilines is 1. The number of hydrogen-bond donors (Lipinski definition) is 1. The number of morpholine rings is 1. The van der Waals surface area contributed by atoms with Gasteiger partial charge in [-0.2, -0.15) is 0 Å². The van der Waals surface area contributed by atoms with Crippen molar-refractivity contribution in [2.45, 2.75) is 0 Å². The van der Waals surface area contributed by atoms with Gasteiger partial charge in [-0.3, -0.25) is 18.9 Å². The number of nitrogens with zero attached hydrogens (tertiary/aromatic N) is 4. The van der Waals surface area contributed by atoms with Crippen molar-refractivity contribution in [2.75, 3.05) is 31.2 Å².